The van der Waals surface area contributed by atoms with Crippen molar-refractivity contribution in [3.05, 3.63) is 51.0 Å². The molecule has 0 aliphatic carbocycles. The minimum Gasteiger partial charge on any atom is -0.354 e. The lowest BCUT2D eigenvalue weighted by Crippen LogP contribution is -2.40. The number of carbonyl (C=O) groups is 3. The molecule has 24 heavy (non-hydrogen) atoms. The maximum atomic E-state index is 12.2. The lowest BCUT2D eigenvalue weighted by Gasteiger charge is -2.13. The number of aryl methyl sites for hydroxylation is 2. The monoisotopic (exact) mass is 343 g/mol. The molecule has 1 aliphatic heterocycles. The second-order valence-electron chi connectivity index (χ2n) is 5.59. The fraction of sp³-hybridized carbons (Fsp3) is 0.294. The highest BCUT2D eigenvalue weighted by Gasteiger charge is 2.36. The van der Waals surface area contributed by atoms with Crippen LogP contribution >= 0.6 is 11.3 Å². The Hall–Kier alpha value is -2.54. The number of fused-ring (bicyclic) bond motifs is 1. The summed E-state index contributed by atoms with van der Waals surface area (Å²) < 4.78 is 0. The predicted octanol–water partition coefficient (Wildman–Crippen LogP) is 1.71. The number of nitrogens with one attached hydrogen (secondary N) is 1. The summed E-state index contributed by atoms with van der Waals surface area (Å²) in [4.78, 5) is 43.0. The van der Waals surface area contributed by atoms with Gasteiger partial charge in [-0.05, 0) is 26.0 Å². The normalized spacial score (nSPS) is 13.3. The van der Waals surface area contributed by atoms with E-state index in [1.54, 1.807) is 35.6 Å². The van der Waals surface area contributed by atoms with Gasteiger partial charge in [-0.1, -0.05) is 12.1 Å². The molecular weight excluding hydrogens is 326 g/mol. The first kappa shape index (κ1) is 16.3. The highest BCUT2D eigenvalue weighted by Crippen LogP contribution is 2.22. The molecule has 1 aromatic carbocycles. The van der Waals surface area contributed by atoms with E-state index in [1.807, 2.05) is 13.8 Å². The van der Waals surface area contributed by atoms with E-state index < -0.39 is 11.8 Å². The number of carbonyl (C=O) groups excluding carboxylic acids is 3. The number of nitrogens with zero attached hydrogens (tertiary/aromatic N) is 2. The van der Waals surface area contributed by atoms with Crippen molar-refractivity contribution in [3.63, 3.8) is 0 Å². The molecule has 0 spiro atoms. The molecule has 1 aromatic heterocycles. The number of hydrogen-bond donors (Lipinski definition) is 1. The van der Waals surface area contributed by atoms with Gasteiger partial charge in [-0.2, -0.15) is 0 Å². The van der Waals surface area contributed by atoms with Gasteiger partial charge in [-0.3, -0.25) is 19.3 Å². The quantitative estimate of drug-likeness (QED) is 0.838. The first-order valence-corrected chi connectivity index (χ1v) is 8.44. The van der Waals surface area contributed by atoms with Gasteiger partial charge >= 0.3 is 0 Å². The van der Waals surface area contributed by atoms with Crippen LogP contribution in [0.4, 0.5) is 0 Å². The zero-order chi connectivity index (χ0) is 17.3. The van der Waals surface area contributed by atoms with E-state index in [2.05, 4.69) is 10.3 Å². The molecule has 2 aromatic rings. The largest absolute Gasteiger partial charge is 0.354 e. The minimum absolute atomic E-state index is 0.262. The van der Waals surface area contributed by atoms with E-state index >= 15 is 0 Å². The van der Waals surface area contributed by atoms with Gasteiger partial charge in [0.05, 0.1) is 21.8 Å². The van der Waals surface area contributed by atoms with Crippen LogP contribution < -0.4 is 5.32 Å². The number of rotatable bonds is 5. The smallest absolute Gasteiger partial charge is 0.262 e. The molecule has 124 valence electrons. The molecule has 6 nitrogen and oxygen atoms in total. The molecule has 1 aliphatic rings. The number of aromatic nitrogens is 1. The van der Waals surface area contributed by atoms with Crippen molar-refractivity contribution in [1.29, 1.82) is 0 Å². The Balaban J connectivity index is 1.54. The molecule has 3 amide bonds. The predicted molar refractivity (Wildman–Crippen MR) is 90.1 cm³/mol. The molecule has 7 heteroatoms. The van der Waals surface area contributed by atoms with Crippen molar-refractivity contribution < 1.29 is 14.4 Å². The second kappa shape index (κ2) is 6.52. The van der Waals surface area contributed by atoms with Crippen molar-refractivity contribution in [1.82, 2.24) is 15.2 Å². The van der Waals surface area contributed by atoms with E-state index in [9.17, 15) is 14.4 Å². The highest BCUT2D eigenvalue weighted by molar-refractivity contribution is 7.11. The molecule has 0 radical (unpaired) electrons. The molecule has 0 atom stereocenters. The van der Waals surface area contributed by atoms with Gasteiger partial charge in [0.1, 0.15) is 6.54 Å². The average Bonchev–Trinajstić information content (AvgIpc) is 3.00. The van der Waals surface area contributed by atoms with E-state index in [-0.39, 0.29) is 12.5 Å². The van der Waals surface area contributed by atoms with Gasteiger partial charge in [-0.25, -0.2) is 4.98 Å². The van der Waals surface area contributed by atoms with Crippen LogP contribution in [0.1, 0.15) is 36.3 Å². The lowest BCUT2D eigenvalue weighted by atomic mass is 10.1. The third kappa shape index (κ3) is 3.07. The van der Waals surface area contributed by atoms with Crippen molar-refractivity contribution >= 4 is 29.1 Å². The molecule has 0 bridgehead atoms. The SMILES string of the molecule is Cc1nc(CCNC(=O)CN2C(=O)c3ccccc3C2=O)sc1C. The maximum Gasteiger partial charge on any atom is 0.262 e. The van der Waals surface area contributed by atoms with E-state index in [1.165, 1.54) is 4.88 Å². The number of imide groups is 1. The molecule has 3 rings (SSSR count). The maximum absolute atomic E-state index is 12.2. The van der Waals surface area contributed by atoms with Crippen LogP contribution in [0.3, 0.4) is 0 Å². The summed E-state index contributed by atoms with van der Waals surface area (Å²) in [5.74, 6) is -1.19. The fourth-order valence-electron chi connectivity index (χ4n) is 2.54. The Morgan fingerprint density at radius 3 is 2.33 bits per heavy atom. The Labute approximate surface area is 143 Å². The molecule has 0 saturated heterocycles. The van der Waals surface area contributed by atoms with E-state index in [4.69, 9.17) is 0 Å². The van der Waals surface area contributed by atoms with Crippen molar-refractivity contribution in [2.75, 3.05) is 13.1 Å². The molecule has 0 unspecified atom stereocenters. The van der Waals surface area contributed by atoms with E-state index in [0.29, 0.717) is 24.1 Å². The van der Waals surface area contributed by atoms with Crippen LogP contribution in [0.5, 0.6) is 0 Å². The van der Waals surface area contributed by atoms with Gasteiger partial charge in [0.25, 0.3) is 11.8 Å². The Morgan fingerprint density at radius 1 is 1.17 bits per heavy atom. The third-order valence-corrected chi connectivity index (χ3v) is 5.05. The first-order valence-electron chi connectivity index (χ1n) is 7.62. The molecule has 1 N–H and O–H groups in total. The van der Waals surface area contributed by atoms with Crippen LogP contribution in [0.25, 0.3) is 0 Å². The molecule has 0 saturated carbocycles. The summed E-state index contributed by atoms with van der Waals surface area (Å²) >= 11 is 1.61. The van der Waals surface area contributed by atoms with Gasteiger partial charge in [0, 0.05) is 17.8 Å². The van der Waals surface area contributed by atoms with Gasteiger partial charge in [0.2, 0.25) is 5.91 Å². The second-order valence-corrected chi connectivity index (χ2v) is 6.88. The van der Waals surface area contributed by atoms with Crippen LogP contribution in [-0.2, 0) is 11.2 Å². The summed E-state index contributed by atoms with van der Waals surface area (Å²) in [5.41, 5.74) is 1.71. The standard InChI is InChI=1S/C17H17N3O3S/c1-10-11(2)24-15(19-10)7-8-18-14(21)9-20-16(22)12-5-3-4-6-13(12)17(20)23/h3-6H,7-9H2,1-2H3,(H,18,21). The van der Waals surface area contributed by atoms with Crippen molar-refractivity contribution in [3.8, 4) is 0 Å². The third-order valence-electron chi connectivity index (χ3n) is 3.91. The summed E-state index contributed by atoms with van der Waals surface area (Å²) in [7, 11) is 0. The Bertz CT molecular complexity index is 774. The van der Waals surface area contributed by atoms with Gasteiger partial charge in [0.15, 0.2) is 0 Å². The lowest BCUT2D eigenvalue weighted by molar-refractivity contribution is -0.121. The van der Waals surface area contributed by atoms with Gasteiger partial charge < -0.3 is 5.32 Å². The number of hydrogen-bond acceptors (Lipinski definition) is 5. The zero-order valence-electron chi connectivity index (χ0n) is 13.5. The Kier molecular flexibility index (Phi) is 4.44. The van der Waals surface area contributed by atoms with Crippen molar-refractivity contribution in [2.45, 2.75) is 20.3 Å². The molecule has 2 heterocycles. The summed E-state index contributed by atoms with van der Waals surface area (Å²) in [6.07, 6.45) is 0.632. The number of amides is 3. The zero-order valence-corrected chi connectivity index (χ0v) is 14.3. The first-order chi connectivity index (χ1) is 11.5. The highest BCUT2D eigenvalue weighted by atomic mass is 32.1. The minimum atomic E-state index is -0.420. The number of benzene rings is 1. The van der Waals surface area contributed by atoms with E-state index in [0.717, 1.165) is 15.6 Å². The van der Waals surface area contributed by atoms with Crippen LogP contribution in [-0.4, -0.2) is 40.7 Å². The summed E-state index contributed by atoms with van der Waals surface area (Å²) in [5, 5.41) is 3.70. The van der Waals surface area contributed by atoms with Crippen LogP contribution in [0.2, 0.25) is 0 Å². The molecular formula is C17H17N3O3S. The molecule has 0 fully saturated rings. The Morgan fingerprint density at radius 2 is 1.79 bits per heavy atom. The average molecular weight is 343 g/mol. The summed E-state index contributed by atoms with van der Waals surface area (Å²) in [6.45, 7) is 4.13. The van der Waals surface area contributed by atoms with Crippen LogP contribution in [0, 0.1) is 13.8 Å². The van der Waals surface area contributed by atoms with Crippen molar-refractivity contribution in [2.24, 2.45) is 0 Å². The summed E-state index contributed by atoms with van der Waals surface area (Å²) in [6, 6.07) is 6.60. The number of thiazole rings is 1. The van der Waals surface area contributed by atoms with Crippen LogP contribution in [0.15, 0.2) is 24.3 Å². The van der Waals surface area contributed by atoms with Gasteiger partial charge in [-0.15, -0.1) is 11.3 Å². The fourth-order valence-corrected chi connectivity index (χ4v) is 3.47. The topological polar surface area (TPSA) is 79.4 Å².